The number of amides is 1. The van der Waals surface area contributed by atoms with Gasteiger partial charge in [-0.3, -0.25) is 4.90 Å². The van der Waals surface area contributed by atoms with E-state index >= 15 is 0 Å². The Bertz CT molecular complexity index is 412. The molecule has 0 spiro atoms. The number of hydrogen-bond acceptors (Lipinski definition) is 4. The van der Waals surface area contributed by atoms with Crippen LogP contribution in [0.25, 0.3) is 0 Å². The number of ether oxygens (including phenoxy) is 2. The Morgan fingerprint density at radius 1 is 1.45 bits per heavy atom. The Kier molecular flexibility index (Phi) is 6.20. The summed E-state index contributed by atoms with van der Waals surface area (Å²) in [4.78, 5) is 14.1. The van der Waals surface area contributed by atoms with E-state index in [1.807, 2.05) is 33.8 Å². The standard InChI is InChI=1S/C17H29NO4/c1-7-8-9-13(2)10-14(11-19)22-15(20)18-16(3,4)12-21-17(18,5)6/h7,14,19H,1-2,8-12H2,3-6H3/t14-/m1/s1. The molecule has 0 unspecified atom stereocenters. The van der Waals surface area contributed by atoms with Crippen LogP contribution < -0.4 is 0 Å². The quantitative estimate of drug-likeness (QED) is 0.733. The summed E-state index contributed by atoms with van der Waals surface area (Å²) in [7, 11) is 0. The van der Waals surface area contributed by atoms with Crippen LogP contribution in [-0.2, 0) is 9.47 Å². The predicted octanol–water partition coefficient (Wildman–Crippen LogP) is 3.24. The lowest BCUT2D eigenvalue weighted by molar-refractivity contribution is -0.0622. The molecule has 5 nitrogen and oxygen atoms in total. The molecule has 0 bridgehead atoms. The highest BCUT2D eigenvalue weighted by Gasteiger charge is 2.50. The third-order valence-corrected chi connectivity index (χ3v) is 3.79. The van der Waals surface area contributed by atoms with Gasteiger partial charge in [0.1, 0.15) is 11.8 Å². The van der Waals surface area contributed by atoms with Crippen molar-refractivity contribution in [3.8, 4) is 0 Å². The van der Waals surface area contributed by atoms with Crippen molar-refractivity contribution >= 4 is 6.09 Å². The maximum atomic E-state index is 12.5. The topological polar surface area (TPSA) is 59.0 Å². The van der Waals surface area contributed by atoms with Crippen LogP contribution in [0.3, 0.4) is 0 Å². The van der Waals surface area contributed by atoms with Crippen molar-refractivity contribution in [1.29, 1.82) is 0 Å². The lowest BCUT2D eigenvalue weighted by Gasteiger charge is -2.37. The third-order valence-electron chi connectivity index (χ3n) is 3.79. The Balaban J connectivity index is 2.68. The van der Waals surface area contributed by atoms with E-state index in [9.17, 15) is 9.90 Å². The molecule has 1 atom stereocenters. The molecular formula is C17H29NO4. The normalized spacial score (nSPS) is 20.5. The molecule has 0 aromatic rings. The Labute approximate surface area is 133 Å². The minimum atomic E-state index is -0.722. The molecule has 1 saturated heterocycles. The Morgan fingerprint density at radius 2 is 2.09 bits per heavy atom. The van der Waals surface area contributed by atoms with Gasteiger partial charge in [0.15, 0.2) is 0 Å². The number of aliphatic hydroxyl groups is 1. The van der Waals surface area contributed by atoms with E-state index in [2.05, 4.69) is 13.2 Å². The van der Waals surface area contributed by atoms with Gasteiger partial charge in [0.2, 0.25) is 0 Å². The van der Waals surface area contributed by atoms with E-state index < -0.39 is 23.5 Å². The van der Waals surface area contributed by atoms with E-state index in [4.69, 9.17) is 9.47 Å². The van der Waals surface area contributed by atoms with E-state index in [0.29, 0.717) is 13.0 Å². The van der Waals surface area contributed by atoms with E-state index in [1.165, 1.54) is 0 Å². The van der Waals surface area contributed by atoms with E-state index in [-0.39, 0.29) is 6.61 Å². The second-order valence-electron chi connectivity index (χ2n) is 6.85. The summed E-state index contributed by atoms with van der Waals surface area (Å²) in [6, 6.07) is 0. The summed E-state index contributed by atoms with van der Waals surface area (Å²) in [5, 5.41) is 9.46. The number of nitrogens with zero attached hydrogens (tertiary/aromatic N) is 1. The highest BCUT2D eigenvalue weighted by Crippen LogP contribution is 2.35. The predicted molar refractivity (Wildman–Crippen MR) is 86.5 cm³/mol. The molecule has 22 heavy (non-hydrogen) atoms. The zero-order valence-corrected chi connectivity index (χ0v) is 14.2. The Morgan fingerprint density at radius 3 is 2.55 bits per heavy atom. The molecular weight excluding hydrogens is 282 g/mol. The molecule has 0 aromatic heterocycles. The fraction of sp³-hybridized carbons (Fsp3) is 0.706. The highest BCUT2D eigenvalue weighted by atomic mass is 16.6. The summed E-state index contributed by atoms with van der Waals surface area (Å²) in [5.74, 6) is 0. The second kappa shape index (κ2) is 7.29. The highest BCUT2D eigenvalue weighted by molar-refractivity contribution is 5.70. The molecule has 0 aromatic carbocycles. The van der Waals surface area contributed by atoms with Gasteiger partial charge in [0, 0.05) is 6.42 Å². The first-order valence-corrected chi connectivity index (χ1v) is 7.67. The monoisotopic (exact) mass is 311 g/mol. The number of hydrogen-bond donors (Lipinski definition) is 1. The first kappa shape index (κ1) is 18.7. The maximum Gasteiger partial charge on any atom is 0.412 e. The molecule has 1 aliphatic rings. The van der Waals surface area contributed by atoms with Gasteiger partial charge in [-0.1, -0.05) is 18.2 Å². The van der Waals surface area contributed by atoms with Crippen LogP contribution in [0.4, 0.5) is 4.79 Å². The van der Waals surface area contributed by atoms with Crippen molar-refractivity contribution < 1.29 is 19.4 Å². The zero-order chi connectivity index (χ0) is 17.0. The van der Waals surface area contributed by atoms with Crippen molar-refractivity contribution in [2.45, 2.75) is 64.3 Å². The maximum absolute atomic E-state index is 12.5. The van der Waals surface area contributed by atoms with Crippen LogP contribution >= 0.6 is 0 Å². The molecule has 1 fully saturated rings. The molecule has 5 heteroatoms. The van der Waals surface area contributed by atoms with Gasteiger partial charge in [-0.25, -0.2) is 4.79 Å². The average molecular weight is 311 g/mol. The summed E-state index contributed by atoms with van der Waals surface area (Å²) >= 11 is 0. The smallest absolute Gasteiger partial charge is 0.412 e. The number of aliphatic hydroxyl groups excluding tert-OH is 1. The van der Waals surface area contributed by atoms with Gasteiger partial charge in [-0.05, 0) is 40.5 Å². The minimum Gasteiger partial charge on any atom is -0.443 e. The average Bonchev–Trinajstić information content (AvgIpc) is 2.64. The Hall–Kier alpha value is -1.33. The molecule has 0 aliphatic carbocycles. The molecule has 1 N–H and O–H groups in total. The molecule has 1 heterocycles. The van der Waals surface area contributed by atoms with Gasteiger partial charge in [0.25, 0.3) is 0 Å². The third kappa shape index (κ3) is 4.58. The first-order chi connectivity index (χ1) is 10.1. The number of rotatable bonds is 7. The molecule has 1 aliphatic heterocycles. The van der Waals surface area contributed by atoms with Gasteiger partial charge >= 0.3 is 6.09 Å². The van der Waals surface area contributed by atoms with Crippen molar-refractivity contribution in [3.05, 3.63) is 24.8 Å². The van der Waals surface area contributed by atoms with Crippen LogP contribution in [-0.4, -0.2) is 46.7 Å². The first-order valence-electron chi connectivity index (χ1n) is 7.67. The molecule has 126 valence electrons. The van der Waals surface area contributed by atoms with Crippen molar-refractivity contribution in [3.63, 3.8) is 0 Å². The van der Waals surface area contributed by atoms with Gasteiger partial charge in [0.05, 0.1) is 18.8 Å². The fourth-order valence-electron chi connectivity index (χ4n) is 2.75. The largest absolute Gasteiger partial charge is 0.443 e. The number of allylic oxidation sites excluding steroid dienone is 1. The van der Waals surface area contributed by atoms with E-state index in [1.54, 1.807) is 4.90 Å². The summed E-state index contributed by atoms with van der Waals surface area (Å²) in [6.07, 6.45) is 2.82. The second-order valence-corrected chi connectivity index (χ2v) is 6.85. The van der Waals surface area contributed by atoms with Gasteiger partial charge in [-0.2, -0.15) is 0 Å². The van der Waals surface area contributed by atoms with Crippen LogP contribution in [0.1, 0.15) is 47.0 Å². The van der Waals surface area contributed by atoms with Gasteiger partial charge in [-0.15, -0.1) is 6.58 Å². The van der Waals surface area contributed by atoms with Crippen molar-refractivity contribution in [2.24, 2.45) is 0 Å². The van der Waals surface area contributed by atoms with E-state index in [0.717, 1.165) is 18.4 Å². The number of carbonyl (C=O) groups excluding carboxylic acids is 1. The lowest BCUT2D eigenvalue weighted by Crippen LogP contribution is -2.53. The van der Waals surface area contributed by atoms with Crippen LogP contribution in [0, 0.1) is 0 Å². The lowest BCUT2D eigenvalue weighted by atomic mass is 10.0. The number of carbonyl (C=O) groups is 1. The summed E-state index contributed by atoms with van der Waals surface area (Å²) < 4.78 is 11.1. The minimum absolute atomic E-state index is 0.228. The molecule has 1 rings (SSSR count). The van der Waals surface area contributed by atoms with Gasteiger partial charge < -0.3 is 14.6 Å². The molecule has 0 radical (unpaired) electrons. The molecule has 0 saturated carbocycles. The van der Waals surface area contributed by atoms with Crippen LogP contribution in [0.15, 0.2) is 24.8 Å². The van der Waals surface area contributed by atoms with Crippen molar-refractivity contribution in [2.75, 3.05) is 13.2 Å². The SMILES string of the molecule is C=CCCC(=C)C[C@H](CO)OC(=O)N1C(C)(C)COC1(C)C. The summed E-state index contributed by atoms with van der Waals surface area (Å²) in [6.45, 7) is 15.4. The summed E-state index contributed by atoms with van der Waals surface area (Å²) in [5.41, 5.74) is -0.233. The zero-order valence-electron chi connectivity index (χ0n) is 14.2. The van der Waals surface area contributed by atoms with Crippen LogP contribution in [0.2, 0.25) is 0 Å². The van der Waals surface area contributed by atoms with Crippen molar-refractivity contribution in [1.82, 2.24) is 4.90 Å². The fourth-order valence-corrected chi connectivity index (χ4v) is 2.75. The van der Waals surface area contributed by atoms with Crippen LogP contribution in [0.5, 0.6) is 0 Å². The molecule has 1 amide bonds.